The molecule has 0 atom stereocenters. The van der Waals surface area contributed by atoms with Gasteiger partial charge in [0.1, 0.15) is 0 Å². The number of hydrogen-bond acceptors (Lipinski definition) is 1. The normalized spacial score (nSPS) is 23.8. The Balaban J connectivity index is 1.76. The highest BCUT2D eigenvalue weighted by molar-refractivity contribution is 5.22. The van der Waals surface area contributed by atoms with Crippen LogP contribution in [0.3, 0.4) is 0 Å². The molecule has 0 unspecified atom stereocenters. The van der Waals surface area contributed by atoms with Crippen LogP contribution < -0.4 is 5.32 Å². The van der Waals surface area contributed by atoms with Crippen molar-refractivity contribution < 1.29 is 0 Å². The maximum absolute atomic E-state index is 3.72. The lowest BCUT2D eigenvalue weighted by atomic mass is 9.87. The van der Waals surface area contributed by atoms with Gasteiger partial charge in [-0.3, -0.25) is 0 Å². The summed E-state index contributed by atoms with van der Waals surface area (Å²) in [5, 5.41) is 3.72. The molecule has 1 heteroatoms. The van der Waals surface area contributed by atoms with Crippen LogP contribution in [0.25, 0.3) is 0 Å². The summed E-state index contributed by atoms with van der Waals surface area (Å²) in [4.78, 5) is 0. The van der Waals surface area contributed by atoms with E-state index in [0.29, 0.717) is 0 Å². The first kappa shape index (κ1) is 14.6. The van der Waals surface area contributed by atoms with Crippen LogP contribution in [0.1, 0.15) is 57.6 Å². The molecule has 0 aromatic heterocycles. The molecule has 2 rings (SSSR count). The minimum Gasteiger partial charge on any atom is -0.310 e. The summed E-state index contributed by atoms with van der Waals surface area (Å²) in [6, 6.07) is 9.90. The van der Waals surface area contributed by atoms with Gasteiger partial charge in [-0.15, -0.1) is 0 Å². The van der Waals surface area contributed by atoms with E-state index in [2.05, 4.69) is 50.4 Å². The van der Waals surface area contributed by atoms with E-state index >= 15 is 0 Å². The predicted molar refractivity (Wildman–Crippen MR) is 83.2 cm³/mol. The molecule has 1 nitrogen and oxygen atoms in total. The lowest BCUT2D eigenvalue weighted by molar-refractivity contribution is 0.306. The molecule has 0 radical (unpaired) electrons. The Morgan fingerprint density at radius 1 is 1.00 bits per heavy atom. The Labute approximate surface area is 118 Å². The third-order valence-corrected chi connectivity index (χ3v) is 4.28. The predicted octanol–water partition coefficient (Wildman–Crippen LogP) is 4.55. The summed E-state index contributed by atoms with van der Waals surface area (Å²) < 4.78 is 0. The summed E-state index contributed by atoms with van der Waals surface area (Å²) in [6.45, 7) is 7.96. The summed E-state index contributed by atoms with van der Waals surface area (Å²) in [6.07, 6.45) is 6.68. The second kappa shape index (κ2) is 7.09. The molecule has 0 heterocycles. The molecule has 0 amide bonds. The van der Waals surface area contributed by atoms with Crippen LogP contribution in [-0.2, 0) is 13.0 Å². The van der Waals surface area contributed by atoms with Crippen LogP contribution in [0.15, 0.2) is 24.3 Å². The highest BCUT2D eigenvalue weighted by atomic mass is 14.9. The van der Waals surface area contributed by atoms with Gasteiger partial charge in [0.05, 0.1) is 0 Å². The van der Waals surface area contributed by atoms with Crippen LogP contribution in [0.2, 0.25) is 0 Å². The van der Waals surface area contributed by atoms with Crippen molar-refractivity contribution in [1.29, 1.82) is 0 Å². The highest BCUT2D eigenvalue weighted by Crippen LogP contribution is 2.23. The smallest absolute Gasteiger partial charge is 0.0208 e. The zero-order valence-corrected chi connectivity index (χ0v) is 12.8. The maximum Gasteiger partial charge on any atom is 0.0208 e. The first-order valence-electron chi connectivity index (χ1n) is 7.94. The average Bonchev–Trinajstić information content (AvgIpc) is 2.39. The molecule has 1 aliphatic carbocycles. The van der Waals surface area contributed by atoms with E-state index in [4.69, 9.17) is 0 Å². The van der Waals surface area contributed by atoms with Gasteiger partial charge in [-0.05, 0) is 55.1 Å². The van der Waals surface area contributed by atoms with E-state index in [1.54, 1.807) is 0 Å². The van der Waals surface area contributed by atoms with Crippen molar-refractivity contribution in [3.8, 4) is 0 Å². The van der Waals surface area contributed by atoms with E-state index < -0.39 is 0 Å². The fourth-order valence-corrected chi connectivity index (χ4v) is 2.99. The van der Waals surface area contributed by atoms with Gasteiger partial charge in [-0.2, -0.15) is 0 Å². The standard InChI is InChI=1S/C18H29N/c1-14(2)12-16-6-8-17(9-7-16)13-19-18-10-4-15(3)5-11-18/h6-9,14-15,18-19H,4-5,10-13H2,1-3H3. The van der Waals surface area contributed by atoms with Gasteiger partial charge < -0.3 is 5.32 Å². The molecular weight excluding hydrogens is 230 g/mol. The summed E-state index contributed by atoms with van der Waals surface area (Å²) in [5.74, 6) is 1.68. The van der Waals surface area contributed by atoms with Crippen molar-refractivity contribution in [3.05, 3.63) is 35.4 Å². The molecule has 0 spiro atoms. The van der Waals surface area contributed by atoms with E-state index in [1.807, 2.05) is 0 Å². The van der Waals surface area contributed by atoms with Crippen LogP contribution >= 0.6 is 0 Å². The largest absolute Gasteiger partial charge is 0.310 e. The van der Waals surface area contributed by atoms with Gasteiger partial charge in [0, 0.05) is 12.6 Å². The fraction of sp³-hybridized carbons (Fsp3) is 0.667. The summed E-state index contributed by atoms with van der Waals surface area (Å²) in [5.41, 5.74) is 2.89. The molecule has 1 saturated carbocycles. The van der Waals surface area contributed by atoms with Gasteiger partial charge >= 0.3 is 0 Å². The topological polar surface area (TPSA) is 12.0 Å². The minimum absolute atomic E-state index is 0.742. The Kier molecular flexibility index (Phi) is 5.45. The lowest BCUT2D eigenvalue weighted by Crippen LogP contribution is -2.32. The van der Waals surface area contributed by atoms with Crippen molar-refractivity contribution in [2.45, 2.75) is 65.5 Å². The van der Waals surface area contributed by atoms with Crippen molar-refractivity contribution in [3.63, 3.8) is 0 Å². The number of nitrogens with one attached hydrogen (secondary N) is 1. The van der Waals surface area contributed by atoms with Crippen molar-refractivity contribution in [2.75, 3.05) is 0 Å². The Morgan fingerprint density at radius 2 is 1.58 bits per heavy atom. The fourth-order valence-electron chi connectivity index (χ4n) is 2.99. The molecule has 0 bridgehead atoms. The lowest BCUT2D eigenvalue weighted by Gasteiger charge is -2.27. The molecule has 1 aromatic carbocycles. The van der Waals surface area contributed by atoms with Gasteiger partial charge in [-0.25, -0.2) is 0 Å². The summed E-state index contributed by atoms with van der Waals surface area (Å²) in [7, 11) is 0. The molecule has 0 aliphatic heterocycles. The second-order valence-electron chi connectivity index (χ2n) is 6.75. The minimum atomic E-state index is 0.742. The van der Waals surface area contributed by atoms with Gasteiger partial charge in [-0.1, -0.05) is 45.0 Å². The van der Waals surface area contributed by atoms with E-state index in [-0.39, 0.29) is 0 Å². The van der Waals surface area contributed by atoms with Crippen molar-refractivity contribution >= 4 is 0 Å². The number of hydrogen-bond donors (Lipinski definition) is 1. The molecule has 1 fully saturated rings. The highest BCUT2D eigenvalue weighted by Gasteiger charge is 2.17. The monoisotopic (exact) mass is 259 g/mol. The number of benzene rings is 1. The van der Waals surface area contributed by atoms with Crippen LogP contribution in [0.4, 0.5) is 0 Å². The van der Waals surface area contributed by atoms with E-state index in [1.165, 1.54) is 43.2 Å². The molecule has 0 saturated heterocycles. The van der Waals surface area contributed by atoms with E-state index in [0.717, 1.165) is 24.4 Å². The summed E-state index contributed by atoms with van der Waals surface area (Å²) >= 11 is 0. The van der Waals surface area contributed by atoms with Gasteiger partial charge in [0.2, 0.25) is 0 Å². The van der Waals surface area contributed by atoms with E-state index in [9.17, 15) is 0 Å². The zero-order chi connectivity index (χ0) is 13.7. The third kappa shape index (κ3) is 4.99. The second-order valence-corrected chi connectivity index (χ2v) is 6.75. The molecule has 19 heavy (non-hydrogen) atoms. The quantitative estimate of drug-likeness (QED) is 0.817. The first-order valence-corrected chi connectivity index (χ1v) is 7.94. The Morgan fingerprint density at radius 3 is 2.16 bits per heavy atom. The number of rotatable bonds is 5. The average molecular weight is 259 g/mol. The Bertz CT molecular complexity index is 358. The van der Waals surface area contributed by atoms with Crippen LogP contribution in [0.5, 0.6) is 0 Å². The molecule has 1 N–H and O–H groups in total. The Hall–Kier alpha value is -0.820. The maximum atomic E-state index is 3.72. The molecule has 1 aromatic rings. The van der Waals surface area contributed by atoms with Gasteiger partial charge in [0.15, 0.2) is 0 Å². The molecule has 1 aliphatic rings. The third-order valence-electron chi connectivity index (χ3n) is 4.28. The van der Waals surface area contributed by atoms with Crippen LogP contribution in [-0.4, -0.2) is 6.04 Å². The first-order chi connectivity index (χ1) is 9.13. The zero-order valence-electron chi connectivity index (χ0n) is 12.8. The molecule has 106 valence electrons. The van der Waals surface area contributed by atoms with Crippen molar-refractivity contribution in [1.82, 2.24) is 5.32 Å². The van der Waals surface area contributed by atoms with Gasteiger partial charge in [0.25, 0.3) is 0 Å². The molecular formula is C18H29N. The van der Waals surface area contributed by atoms with Crippen LogP contribution in [0, 0.1) is 11.8 Å². The SMILES string of the molecule is CC(C)Cc1ccc(CNC2CCC(C)CC2)cc1. The van der Waals surface area contributed by atoms with Crippen molar-refractivity contribution in [2.24, 2.45) is 11.8 Å².